The van der Waals surface area contributed by atoms with Crippen molar-refractivity contribution >= 4 is 5.82 Å². The Kier molecular flexibility index (Phi) is 6.09. The fraction of sp³-hybridized carbons (Fsp3) is 0.609. The second-order valence-corrected chi connectivity index (χ2v) is 8.79. The van der Waals surface area contributed by atoms with Gasteiger partial charge in [0.1, 0.15) is 12.0 Å². The molecule has 0 saturated carbocycles. The fourth-order valence-electron chi connectivity index (χ4n) is 4.85. The topological polar surface area (TPSA) is 39.6 Å². The van der Waals surface area contributed by atoms with E-state index in [9.17, 15) is 18.3 Å². The van der Waals surface area contributed by atoms with Crippen molar-refractivity contribution in [3.8, 4) is 0 Å². The lowest BCUT2D eigenvalue weighted by Gasteiger charge is -2.41. The summed E-state index contributed by atoms with van der Waals surface area (Å²) in [6.07, 6.45) is 6.57. The van der Waals surface area contributed by atoms with Crippen LogP contribution in [0.15, 0.2) is 41.8 Å². The Bertz CT molecular complexity index is 795. The normalized spacial score (nSPS) is 24.6. The molecular formula is C23H30F3N3O. The summed E-state index contributed by atoms with van der Waals surface area (Å²) in [5.74, 6) is 1.27. The van der Waals surface area contributed by atoms with Crippen molar-refractivity contribution in [3.63, 3.8) is 0 Å². The van der Waals surface area contributed by atoms with Gasteiger partial charge in [0.15, 0.2) is 0 Å². The molecule has 3 aliphatic rings. The van der Waals surface area contributed by atoms with Gasteiger partial charge in [-0.2, -0.15) is 13.2 Å². The number of nitrogens with zero attached hydrogens (tertiary/aromatic N) is 3. The Morgan fingerprint density at radius 2 is 1.90 bits per heavy atom. The average molecular weight is 422 g/mol. The molecule has 0 aromatic carbocycles. The zero-order valence-electron chi connectivity index (χ0n) is 17.4. The molecule has 1 N–H and O–H groups in total. The Morgan fingerprint density at radius 1 is 1.13 bits per heavy atom. The number of pyridine rings is 1. The largest absolute Gasteiger partial charge is 0.417 e. The molecule has 2 saturated heterocycles. The van der Waals surface area contributed by atoms with Crippen molar-refractivity contribution in [2.75, 3.05) is 24.5 Å². The van der Waals surface area contributed by atoms with E-state index >= 15 is 0 Å². The van der Waals surface area contributed by atoms with E-state index < -0.39 is 18.0 Å². The second kappa shape index (κ2) is 8.61. The third-order valence-electron chi connectivity index (χ3n) is 6.58. The molecule has 0 bridgehead atoms. The summed E-state index contributed by atoms with van der Waals surface area (Å²) in [5, 5.41) is 11.2. The van der Waals surface area contributed by atoms with Gasteiger partial charge in [0.05, 0.1) is 5.56 Å². The highest BCUT2D eigenvalue weighted by atomic mass is 19.4. The van der Waals surface area contributed by atoms with Gasteiger partial charge in [-0.25, -0.2) is 4.98 Å². The maximum absolute atomic E-state index is 12.8. The molecule has 164 valence electrons. The van der Waals surface area contributed by atoms with Crippen molar-refractivity contribution in [2.24, 2.45) is 11.8 Å². The average Bonchev–Trinajstić information content (AvgIpc) is 2.95. The highest BCUT2D eigenvalue weighted by Crippen LogP contribution is 2.36. The molecule has 1 aromatic heterocycles. The fourth-order valence-corrected chi connectivity index (χ4v) is 4.85. The summed E-state index contributed by atoms with van der Waals surface area (Å²) in [5.41, 5.74) is 1.86. The number of halogens is 3. The molecule has 4 rings (SSSR count). The summed E-state index contributed by atoms with van der Waals surface area (Å²) < 4.78 is 38.3. The number of alkyl halides is 3. The van der Waals surface area contributed by atoms with E-state index in [2.05, 4.69) is 29.0 Å². The van der Waals surface area contributed by atoms with Gasteiger partial charge in [0.2, 0.25) is 0 Å². The first-order valence-corrected chi connectivity index (χ1v) is 11.0. The number of aromatic nitrogens is 1. The van der Waals surface area contributed by atoms with Gasteiger partial charge in [-0.3, -0.25) is 0 Å². The van der Waals surface area contributed by atoms with Crippen LogP contribution in [0.1, 0.15) is 51.0 Å². The number of aliphatic hydroxyl groups excluding tert-OH is 1. The lowest BCUT2D eigenvalue weighted by atomic mass is 9.90. The Labute approximate surface area is 176 Å². The van der Waals surface area contributed by atoms with Gasteiger partial charge in [-0.1, -0.05) is 19.1 Å². The molecular weight excluding hydrogens is 391 g/mol. The quantitative estimate of drug-likeness (QED) is 0.748. The van der Waals surface area contributed by atoms with Crippen LogP contribution >= 0.6 is 0 Å². The highest BCUT2D eigenvalue weighted by molar-refractivity contribution is 5.40. The van der Waals surface area contributed by atoms with Crippen molar-refractivity contribution < 1.29 is 18.3 Å². The SMILES string of the molecule is CC1C=C2CCCCN(C(O)C3CCN(c4ccc(C(F)(F)F)cn4)CC3)C2=CC1. The van der Waals surface area contributed by atoms with E-state index in [-0.39, 0.29) is 5.92 Å². The number of rotatable bonds is 3. The molecule has 3 heterocycles. The maximum Gasteiger partial charge on any atom is 0.417 e. The van der Waals surface area contributed by atoms with Crippen LogP contribution in [-0.4, -0.2) is 40.9 Å². The standard InChI is InChI=1S/C23H30F3N3O/c1-16-5-7-20-18(14-16)4-2-3-11-29(20)22(30)17-9-12-28(13-10-17)21-8-6-19(15-27-21)23(24,25)26/h6-8,14-17,22,30H,2-5,9-13H2,1H3. The van der Waals surface area contributed by atoms with Crippen LogP contribution in [0.3, 0.4) is 0 Å². The van der Waals surface area contributed by atoms with Crippen molar-refractivity contribution in [1.29, 1.82) is 0 Å². The zero-order chi connectivity index (χ0) is 21.3. The minimum absolute atomic E-state index is 0.148. The predicted octanol–water partition coefficient (Wildman–Crippen LogP) is 4.97. The van der Waals surface area contributed by atoms with Crippen molar-refractivity contribution in [1.82, 2.24) is 9.88 Å². The zero-order valence-corrected chi connectivity index (χ0v) is 17.4. The van der Waals surface area contributed by atoms with Gasteiger partial charge >= 0.3 is 6.18 Å². The molecule has 2 unspecified atom stereocenters. The summed E-state index contributed by atoms with van der Waals surface area (Å²) in [6.45, 7) is 4.48. The number of allylic oxidation sites excluding steroid dienone is 3. The van der Waals surface area contributed by atoms with Crippen LogP contribution in [0, 0.1) is 11.8 Å². The van der Waals surface area contributed by atoms with Gasteiger partial charge < -0.3 is 14.9 Å². The minimum Gasteiger partial charge on any atom is -0.373 e. The molecule has 1 aliphatic carbocycles. The third-order valence-corrected chi connectivity index (χ3v) is 6.58. The van der Waals surface area contributed by atoms with E-state index in [0.717, 1.165) is 57.3 Å². The first-order valence-electron chi connectivity index (χ1n) is 11.0. The van der Waals surface area contributed by atoms with Crippen molar-refractivity contribution in [3.05, 3.63) is 47.3 Å². The number of piperidine rings is 1. The first-order chi connectivity index (χ1) is 14.3. The monoisotopic (exact) mass is 421 g/mol. The number of fused-ring (bicyclic) bond motifs is 1. The van der Waals surface area contributed by atoms with Crippen LogP contribution in [0.4, 0.5) is 19.0 Å². The van der Waals surface area contributed by atoms with Gasteiger partial charge in [0, 0.05) is 37.4 Å². The van der Waals surface area contributed by atoms with Crippen LogP contribution in [-0.2, 0) is 6.18 Å². The predicted molar refractivity (Wildman–Crippen MR) is 111 cm³/mol. The van der Waals surface area contributed by atoms with Crippen LogP contribution in [0.5, 0.6) is 0 Å². The Morgan fingerprint density at radius 3 is 2.57 bits per heavy atom. The molecule has 2 atom stereocenters. The van der Waals surface area contributed by atoms with E-state index in [1.807, 2.05) is 4.90 Å². The number of hydrogen-bond donors (Lipinski definition) is 1. The number of hydrogen-bond acceptors (Lipinski definition) is 4. The summed E-state index contributed by atoms with van der Waals surface area (Å²) in [7, 11) is 0. The van der Waals surface area contributed by atoms with E-state index in [1.54, 1.807) is 0 Å². The maximum atomic E-state index is 12.8. The van der Waals surface area contributed by atoms with Crippen LogP contribution < -0.4 is 4.90 Å². The second-order valence-electron chi connectivity index (χ2n) is 8.79. The molecule has 30 heavy (non-hydrogen) atoms. The summed E-state index contributed by atoms with van der Waals surface area (Å²) in [4.78, 5) is 8.23. The molecule has 1 aromatic rings. The highest BCUT2D eigenvalue weighted by Gasteiger charge is 2.34. The van der Waals surface area contributed by atoms with E-state index in [4.69, 9.17) is 0 Å². The molecule has 0 spiro atoms. The molecule has 0 amide bonds. The summed E-state index contributed by atoms with van der Waals surface area (Å²) >= 11 is 0. The molecule has 2 fully saturated rings. The first kappa shape index (κ1) is 21.2. The van der Waals surface area contributed by atoms with E-state index in [1.165, 1.54) is 17.3 Å². The Balaban J connectivity index is 1.39. The van der Waals surface area contributed by atoms with Crippen molar-refractivity contribution in [2.45, 2.75) is 57.9 Å². The summed E-state index contributed by atoms with van der Waals surface area (Å²) in [6, 6.07) is 2.53. The lowest BCUT2D eigenvalue weighted by molar-refractivity contribution is -0.137. The third kappa shape index (κ3) is 4.51. The van der Waals surface area contributed by atoms with Crippen LogP contribution in [0.2, 0.25) is 0 Å². The number of anilines is 1. The van der Waals surface area contributed by atoms with Gasteiger partial charge in [-0.15, -0.1) is 0 Å². The number of aliphatic hydroxyl groups is 1. The molecule has 7 heteroatoms. The van der Waals surface area contributed by atoms with Gasteiger partial charge in [-0.05, 0) is 62.1 Å². The number of likely N-dealkylation sites (tertiary alicyclic amines) is 1. The van der Waals surface area contributed by atoms with E-state index in [0.29, 0.717) is 24.8 Å². The lowest BCUT2D eigenvalue weighted by Crippen LogP contribution is -2.46. The molecule has 4 nitrogen and oxygen atoms in total. The van der Waals surface area contributed by atoms with Gasteiger partial charge in [0.25, 0.3) is 0 Å². The Hall–Kier alpha value is -2.02. The smallest absolute Gasteiger partial charge is 0.373 e. The molecule has 0 radical (unpaired) electrons. The van der Waals surface area contributed by atoms with Crippen LogP contribution in [0.25, 0.3) is 0 Å². The molecule has 2 aliphatic heterocycles. The minimum atomic E-state index is -4.37.